The second-order valence-electron chi connectivity index (χ2n) is 5.03. The van der Waals surface area contributed by atoms with E-state index in [4.69, 9.17) is 5.84 Å². The molecule has 6 heteroatoms. The van der Waals surface area contributed by atoms with Gasteiger partial charge in [0.15, 0.2) is 12.4 Å². The summed E-state index contributed by atoms with van der Waals surface area (Å²) in [6.45, 7) is 4.14. The van der Waals surface area contributed by atoms with Crippen LogP contribution in [0, 0.1) is 13.8 Å². The van der Waals surface area contributed by atoms with Gasteiger partial charge in [-0.1, -0.05) is 12.1 Å². The highest BCUT2D eigenvalue weighted by Gasteiger charge is 2.12. The maximum Gasteiger partial charge on any atom is 0.290 e. The van der Waals surface area contributed by atoms with Gasteiger partial charge in [0.25, 0.3) is 11.8 Å². The predicted octanol–water partition coefficient (Wildman–Crippen LogP) is 0.833. The molecule has 1 aromatic heterocycles. The van der Waals surface area contributed by atoms with Crippen molar-refractivity contribution in [1.29, 1.82) is 0 Å². The first kappa shape index (κ1) is 15.7. The summed E-state index contributed by atoms with van der Waals surface area (Å²) < 4.78 is 1.69. The van der Waals surface area contributed by atoms with Crippen LogP contribution in [-0.2, 0) is 11.3 Å². The molecule has 0 aliphatic carbocycles. The Morgan fingerprint density at radius 3 is 2.45 bits per heavy atom. The number of nitrogen functional groups attached to an aromatic ring is 1. The molecular formula is C16H19N4O2+. The van der Waals surface area contributed by atoms with Crippen molar-refractivity contribution < 1.29 is 14.2 Å². The number of aryl methyl sites for hydroxylation is 1. The molecule has 0 atom stereocenters. The van der Waals surface area contributed by atoms with Gasteiger partial charge in [0.1, 0.15) is 0 Å². The monoisotopic (exact) mass is 299 g/mol. The van der Waals surface area contributed by atoms with E-state index < -0.39 is 0 Å². The first-order chi connectivity index (χ1) is 10.5. The van der Waals surface area contributed by atoms with Gasteiger partial charge >= 0.3 is 0 Å². The molecule has 0 spiro atoms. The first-order valence-electron chi connectivity index (χ1n) is 6.87. The SMILES string of the molecule is Cc1cccc(NC(=O)C[n+]2ccc(C(=O)NN)cc2)c1C. The maximum atomic E-state index is 12.1. The number of carbonyl (C=O) groups excluding carboxylic acids is 2. The summed E-state index contributed by atoms with van der Waals surface area (Å²) in [6, 6.07) is 8.99. The van der Waals surface area contributed by atoms with Gasteiger partial charge in [-0.3, -0.25) is 15.0 Å². The van der Waals surface area contributed by atoms with Crippen LogP contribution in [0.5, 0.6) is 0 Å². The lowest BCUT2D eigenvalue weighted by Gasteiger charge is -2.09. The van der Waals surface area contributed by atoms with Crippen LogP contribution in [0.15, 0.2) is 42.7 Å². The molecule has 114 valence electrons. The molecule has 0 unspecified atom stereocenters. The number of amides is 2. The molecule has 1 aromatic carbocycles. The van der Waals surface area contributed by atoms with Gasteiger partial charge in [-0.25, -0.2) is 5.84 Å². The van der Waals surface area contributed by atoms with E-state index >= 15 is 0 Å². The minimum absolute atomic E-state index is 0.130. The Bertz CT molecular complexity index is 696. The Morgan fingerprint density at radius 2 is 1.82 bits per heavy atom. The number of hydrogen-bond acceptors (Lipinski definition) is 3. The van der Waals surface area contributed by atoms with Crippen molar-refractivity contribution in [3.63, 3.8) is 0 Å². The molecule has 0 bridgehead atoms. The van der Waals surface area contributed by atoms with E-state index in [0.29, 0.717) is 5.56 Å². The van der Waals surface area contributed by atoms with Gasteiger partial charge < -0.3 is 5.32 Å². The number of anilines is 1. The minimum atomic E-state index is -0.369. The second kappa shape index (κ2) is 6.82. The Balaban J connectivity index is 2.03. The first-order valence-corrected chi connectivity index (χ1v) is 6.87. The third kappa shape index (κ3) is 3.67. The van der Waals surface area contributed by atoms with E-state index in [9.17, 15) is 9.59 Å². The van der Waals surface area contributed by atoms with Gasteiger partial charge in [-0.05, 0) is 31.0 Å². The fourth-order valence-corrected chi connectivity index (χ4v) is 2.04. The lowest BCUT2D eigenvalue weighted by atomic mass is 10.1. The van der Waals surface area contributed by atoms with Crippen LogP contribution >= 0.6 is 0 Å². The fourth-order valence-electron chi connectivity index (χ4n) is 2.04. The van der Waals surface area contributed by atoms with Crippen LogP contribution in [0.2, 0.25) is 0 Å². The lowest BCUT2D eigenvalue weighted by Crippen LogP contribution is -2.40. The Morgan fingerprint density at radius 1 is 1.14 bits per heavy atom. The van der Waals surface area contributed by atoms with Crippen LogP contribution < -0.4 is 21.2 Å². The Labute approximate surface area is 128 Å². The molecule has 2 aromatic rings. The molecule has 0 saturated carbocycles. The van der Waals surface area contributed by atoms with E-state index in [1.54, 1.807) is 29.1 Å². The maximum absolute atomic E-state index is 12.1. The Kier molecular flexibility index (Phi) is 4.85. The van der Waals surface area contributed by atoms with Crippen molar-refractivity contribution >= 4 is 17.5 Å². The average molecular weight is 299 g/mol. The van der Waals surface area contributed by atoms with Crippen LogP contribution in [-0.4, -0.2) is 11.8 Å². The van der Waals surface area contributed by atoms with E-state index in [0.717, 1.165) is 16.8 Å². The highest BCUT2D eigenvalue weighted by atomic mass is 16.2. The van der Waals surface area contributed by atoms with Gasteiger partial charge in [0, 0.05) is 17.8 Å². The lowest BCUT2D eigenvalue weighted by molar-refractivity contribution is -0.684. The smallest absolute Gasteiger partial charge is 0.290 e. The summed E-state index contributed by atoms with van der Waals surface area (Å²) in [6.07, 6.45) is 3.32. The minimum Gasteiger partial charge on any atom is -0.320 e. The molecule has 1 heterocycles. The molecule has 0 radical (unpaired) electrons. The zero-order valence-corrected chi connectivity index (χ0v) is 12.6. The third-order valence-electron chi connectivity index (χ3n) is 3.49. The average Bonchev–Trinajstić information content (AvgIpc) is 2.52. The second-order valence-corrected chi connectivity index (χ2v) is 5.03. The van der Waals surface area contributed by atoms with Gasteiger partial charge in [0.05, 0.1) is 5.56 Å². The number of benzene rings is 1. The quantitative estimate of drug-likeness (QED) is 0.338. The van der Waals surface area contributed by atoms with Crippen molar-refractivity contribution in [3.8, 4) is 0 Å². The normalized spacial score (nSPS) is 10.1. The van der Waals surface area contributed by atoms with Gasteiger partial charge in [-0.2, -0.15) is 4.57 Å². The summed E-state index contributed by atoms with van der Waals surface area (Å²) in [5, 5.41) is 2.89. The summed E-state index contributed by atoms with van der Waals surface area (Å²) in [5.41, 5.74) is 5.49. The van der Waals surface area contributed by atoms with E-state index in [-0.39, 0.29) is 18.4 Å². The van der Waals surface area contributed by atoms with Crippen molar-refractivity contribution in [2.45, 2.75) is 20.4 Å². The summed E-state index contributed by atoms with van der Waals surface area (Å²) >= 11 is 0. The van der Waals surface area contributed by atoms with Crippen molar-refractivity contribution in [2.75, 3.05) is 5.32 Å². The number of nitrogens with two attached hydrogens (primary N) is 1. The topological polar surface area (TPSA) is 88.1 Å². The zero-order valence-electron chi connectivity index (χ0n) is 12.6. The number of carbonyl (C=O) groups is 2. The van der Waals surface area contributed by atoms with Crippen LogP contribution in [0.25, 0.3) is 0 Å². The number of nitrogens with zero attached hydrogens (tertiary/aromatic N) is 1. The largest absolute Gasteiger partial charge is 0.320 e. The van der Waals surface area contributed by atoms with E-state index in [2.05, 4.69) is 10.7 Å². The van der Waals surface area contributed by atoms with Crippen molar-refractivity contribution in [3.05, 3.63) is 59.4 Å². The number of nitrogens with one attached hydrogen (secondary N) is 2. The van der Waals surface area contributed by atoms with Crippen molar-refractivity contribution in [1.82, 2.24) is 5.43 Å². The summed E-state index contributed by atoms with van der Waals surface area (Å²) in [4.78, 5) is 23.4. The highest BCUT2D eigenvalue weighted by Crippen LogP contribution is 2.17. The van der Waals surface area contributed by atoms with E-state index in [1.807, 2.05) is 32.0 Å². The van der Waals surface area contributed by atoms with Crippen molar-refractivity contribution in [2.24, 2.45) is 5.84 Å². The molecule has 0 aliphatic rings. The number of hydrazine groups is 1. The van der Waals surface area contributed by atoms with E-state index in [1.165, 1.54) is 0 Å². The molecule has 22 heavy (non-hydrogen) atoms. The highest BCUT2D eigenvalue weighted by molar-refractivity contribution is 5.93. The van der Waals surface area contributed by atoms with Crippen LogP contribution in [0.1, 0.15) is 21.5 Å². The molecular weight excluding hydrogens is 280 g/mol. The van der Waals surface area contributed by atoms with Crippen LogP contribution in [0.4, 0.5) is 5.69 Å². The molecule has 0 aliphatic heterocycles. The zero-order chi connectivity index (χ0) is 16.1. The molecule has 6 nitrogen and oxygen atoms in total. The summed E-state index contributed by atoms with van der Waals surface area (Å²) in [7, 11) is 0. The fraction of sp³-hybridized carbons (Fsp3) is 0.188. The van der Waals surface area contributed by atoms with Crippen LogP contribution in [0.3, 0.4) is 0 Å². The molecule has 4 N–H and O–H groups in total. The van der Waals surface area contributed by atoms with Gasteiger partial charge in [-0.15, -0.1) is 0 Å². The molecule has 0 saturated heterocycles. The van der Waals surface area contributed by atoms with Gasteiger partial charge in [0.2, 0.25) is 6.54 Å². The third-order valence-corrected chi connectivity index (χ3v) is 3.49. The molecule has 0 fully saturated rings. The number of rotatable bonds is 4. The Hall–Kier alpha value is -2.73. The number of aromatic nitrogens is 1. The predicted molar refractivity (Wildman–Crippen MR) is 82.8 cm³/mol. The number of pyridine rings is 1. The molecule has 2 amide bonds. The number of hydrogen-bond donors (Lipinski definition) is 3. The summed E-state index contributed by atoms with van der Waals surface area (Å²) in [5.74, 6) is 4.57. The standard InChI is InChI=1S/C16H18N4O2/c1-11-4-3-5-14(12(11)2)18-15(21)10-20-8-6-13(7-9-20)16(22)19-17/h3-9,17H,10H2,1-2H3,(H2,18,21,22)/p+1. The molecule has 2 rings (SSSR count).